The molecule has 9 rings (SSSR count). The maximum Gasteiger partial charge on any atom is 1.00 e. The minimum Gasteiger partial charge on any atom is -0.870 e. The number of rotatable bonds is 8. The number of carboxylic acid groups (broad SMARTS) is 1. The zero-order valence-electron chi connectivity index (χ0n) is 32.4. The zero-order chi connectivity index (χ0) is 38.6. The molecule has 0 bridgehead atoms. The van der Waals surface area contributed by atoms with Crippen molar-refractivity contribution in [2.24, 2.45) is 0 Å². The first kappa shape index (κ1) is 48.0. The Morgan fingerprint density at radius 1 is 0.649 bits per heavy atom. The van der Waals surface area contributed by atoms with Gasteiger partial charge in [0.05, 0.1) is 0 Å². The van der Waals surface area contributed by atoms with Crippen molar-refractivity contribution in [2.75, 3.05) is 0 Å². The second-order valence-corrected chi connectivity index (χ2v) is 13.4. The number of nitrogens with zero attached hydrogens (tertiary/aromatic N) is 6. The van der Waals surface area contributed by atoms with Crippen LogP contribution in [0.4, 0.5) is 0 Å². The molecule has 3 saturated carbocycles. The number of hydrogen-bond donors (Lipinski definition) is 1. The second kappa shape index (κ2) is 23.2. The molecule has 0 aromatic carbocycles. The Kier molecular flexibility index (Phi) is 19.6. The van der Waals surface area contributed by atoms with Crippen LogP contribution in [0.5, 0.6) is 0 Å². The number of carboxylic acids is 1. The molecule has 3 aliphatic carbocycles. The summed E-state index contributed by atoms with van der Waals surface area (Å²) in [5.74, 6) is 1.47. The van der Waals surface area contributed by atoms with Crippen molar-refractivity contribution in [3.63, 3.8) is 0 Å². The van der Waals surface area contributed by atoms with Gasteiger partial charge in [0.1, 0.15) is 30.2 Å². The van der Waals surface area contributed by atoms with E-state index in [2.05, 4.69) is 56.3 Å². The Morgan fingerprint density at radius 2 is 1.07 bits per heavy atom. The number of aromatic nitrogens is 6. The summed E-state index contributed by atoms with van der Waals surface area (Å²) in [6.45, 7) is 6.92. The van der Waals surface area contributed by atoms with Gasteiger partial charge < -0.3 is 29.3 Å². The maximum absolute atomic E-state index is 11.1. The molecule has 0 aliphatic heterocycles. The van der Waals surface area contributed by atoms with Gasteiger partial charge in [0.2, 0.25) is 11.8 Å². The molecule has 0 saturated heterocycles. The average molecular weight is 840 g/mol. The molecular weight excluding hydrogens is 795 g/mol. The summed E-state index contributed by atoms with van der Waals surface area (Å²) < 4.78 is 16.1. The number of pyridine rings is 3. The van der Waals surface area contributed by atoms with Gasteiger partial charge in [0.15, 0.2) is 23.7 Å². The predicted octanol–water partition coefficient (Wildman–Crippen LogP) is 5.76. The molecule has 4 N–H and O–H groups in total. The summed E-state index contributed by atoms with van der Waals surface area (Å²) in [7, 11) is 0. The minimum atomic E-state index is -1.09. The van der Waals surface area contributed by atoms with Crippen LogP contribution in [0.2, 0.25) is 0 Å². The molecular formula is C40H44BrLiN6O9. The van der Waals surface area contributed by atoms with E-state index in [0.717, 1.165) is 39.2 Å². The number of aromatic carboxylic acids is 1. The van der Waals surface area contributed by atoms with Crippen molar-refractivity contribution in [1.82, 2.24) is 29.9 Å². The van der Waals surface area contributed by atoms with E-state index in [0.29, 0.717) is 35.0 Å². The number of carbonyl (C=O) groups is 3. The van der Waals surface area contributed by atoms with Crippen LogP contribution in [0.3, 0.4) is 0 Å². The number of hydrogen-bond acceptors (Lipinski definition) is 13. The quantitative estimate of drug-likeness (QED) is 0.141. The molecule has 0 spiro atoms. The third-order valence-electron chi connectivity index (χ3n) is 8.17. The van der Waals surface area contributed by atoms with Gasteiger partial charge in [-0.15, -0.1) is 0 Å². The molecule has 296 valence electrons. The molecule has 6 heterocycles. The summed E-state index contributed by atoms with van der Waals surface area (Å²) in [5, 5.41) is 8.76. The van der Waals surface area contributed by atoms with Gasteiger partial charge in [-0.05, 0) is 74.9 Å². The molecule has 17 heteroatoms. The van der Waals surface area contributed by atoms with Crippen molar-refractivity contribution in [1.29, 1.82) is 0 Å². The Hall–Kier alpha value is -5.11. The van der Waals surface area contributed by atoms with E-state index in [9.17, 15) is 14.4 Å². The molecule has 0 radical (unpaired) electrons. The monoisotopic (exact) mass is 838 g/mol. The van der Waals surface area contributed by atoms with E-state index < -0.39 is 5.97 Å². The van der Waals surface area contributed by atoms with Crippen molar-refractivity contribution in [3.8, 4) is 22.9 Å². The second-order valence-electron chi connectivity index (χ2n) is 12.5. The largest absolute Gasteiger partial charge is 1.00 e. The molecule has 0 unspecified atom stereocenters. The fraction of sp³-hybridized carbons (Fsp3) is 0.325. The summed E-state index contributed by atoms with van der Waals surface area (Å²) in [6, 6.07) is 11.6. The number of oxazole rings is 3. The normalized spacial score (nSPS) is 13.3. The van der Waals surface area contributed by atoms with E-state index >= 15 is 0 Å². The number of halogens is 1. The van der Waals surface area contributed by atoms with Gasteiger partial charge in [0, 0.05) is 82.9 Å². The van der Waals surface area contributed by atoms with Crippen LogP contribution in [0.1, 0.15) is 133 Å². The van der Waals surface area contributed by atoms with Crippen LogP contribution in [0.25, 0.3) is 22.9 Å². The smallest absolute Gasteiger partial charge is 0.870 e. The van der Waals surface area contributed by atoms with Gasteiger partial charge in [-0.1, -0.05) is 29.8 Å². The Bertz CT molecular complexity index is 2060. The molecule has 0 amide bonds. The van der Waals surface area contributed by atoms with E-state index in [1.165, 1.54) is 77.0 Å². The first-order valence-corrected chi connectivity index (χ1v) is 18.5. The van der Waals surface area contributed by atoms with E-state index in [4.69, 9.17) is 13.9 Å². The van der Waals surface area contributed by atoms with Crippen LogP contribution in [-0.4, -0.2) is 63.5 Å². The van der Waals surface area contributed by atoms with Gasteiger partial charge in [-0.2, -0.15) is 0 Å². The summed E-state index contributed by atoms with van der Waals surface area (Å²) in [5.41, 5.74) is 5.68. The van der Waals surface area contributed by atoms with Crippen LogP contribution >= 0.6 is 15.9 Å². The zero-order valence-corrected chi connectivity index (χ0v) is 34.0. The molecule has 15 nitrogen and oxygen atoms in total. The Morgan fingerprint density at radius 3 is 1.40 bits per heavy atom. The maximum atomic E-state index is 11.1. The molecule has 3 fully saturated rings. The first-order valence-electron chi connectivity index (χ1n) is 17.7. The van der Waals surface area contributed by atoms with Crippen LogP contribution < -0.4 is 18.9 Å². The standard InChI is InChI=1S/C13H12N2O2.C12H10N2O3.C8H8BrN.C5H5NO2.C2H6.Li.2H2O/c1-8(16)12-7-17-13(15-12)10-4-5-14-11(6-10)9-2-3-9;15-12(16)10-6-17-11(14-10)8-3-4-13-9(5-8)7-1-2-7;9-7-3-4-10-8(5-7)6-1-2-6;1-4(7)5-2-8-3-6-5;1-2;;;/h4-7,9H,2-3H2,1H3;3-7H,1-2H2,(H,15,16);3-6H,1-2H2;2-3H,1H3;1-2H3;;2*1H2/q;;;;;+1;;/p-1. The van der Waals surface area contributed by atoms with Crippen molar-refractivity contribution >= 4 is 33.5 Å². The minimum absolute atomic E-state index is 0. The molecule has 0 atom stereocenters. The van der Waals surface area contributed by atoms with Crippen molar-refractivity contribution < 1.29 is 62.6 Å². The SMILES string of the molecule is Brc1ccnc(C2CC2)c1.CC.CC(=O)c1coc(-c2ccnc(C3CC3)c2)n1.CC(=O)c1cocn1.O.O=C(O)c1coc(-c2ccnc(C3CC3)c2)n1.[Li+].[OH-]. The van der Waals surface area contributed by atoms with Crippen LogP contribution in [-0.2, 0) is 0 Å². The topological polar surface area (TPSA) is 250 Å². The van der Waals surface area contributed by atoms with Crippen LogP contribution in [0, 0.1) is 0 Å². The summed E-state index contributed by atoms with van der Waals surface area (Å²) in [6.07, 6.45) is 17.8. The predicted molar refractivity (Wildman–Crippen MR) is 208 cm³/mol. The van der Waals surface area contributed by atoms with Crippen molar-refractivity contribution in [3.05, 3.63) is 119 Å². The fourth-order valence-electron chi connectivity index (χ4n) is 4.85. The number of Topliss-reactive ketones (excluding diaryl/α,β-unsaturated/α-hetero) is 2. The van der Waals surface area contributed by atoms with E-state index in [1.54, 1.807) is 18.5 Å². The molecule has 6 aromatic rings. The van der Waals surface area contributed by atoms with Crippen molar-refractivity contribution in [2.45, 2.75) is 84.0 Å². The van der Waals surface area contributed by atoms with Gasteiger partial charge in [-0.3, -0.25) is 24.5 Å². The van der Waals surface area contributed by atoms with E-state index in [1.807, 2.05) is 44.3 Å². The van der Waals surface area contributed by atoms with Gasteiger partial charge in [-0.25, -0.2) is 19.7 Å². The summed E-state index contributed by atoms with van der Waals surface area (Å²) >= 11 is 3.42. The number of ketones is 2. The third-order valence-corrected chi connectivity index (χ3v) is 8.66. The van der Waals surface area contributed by atoms with Crippen LogP contribution in [0.15, 0.2) is 97.9 Å². The summed E-state index contributed by atoms with van der Waals surface area (Å²) in [4.78, 5) is 56.8. The van der Waals surface area contributed by atoms with Gasteiger partial charge >= 0.3 is 24.8 Å². The van der Waals surface area contributed by atoms with E-state index in [-0.39, 0.29) is 47.1 Å². The molecule has 3 aliphatic rings. The fourth-order valence-corrected chi connectivity index (χ4v) is 5.20. The third kappa shape index (κ3) is 14.7. The first-order chi connectivity index (χ1) is 26.1. The Labute approximate surface area is 350 Å². The molecule has 6 aromatic heterocycles. The average Bonchev–Trinajstić information content (AvgIpc) is 4.16. The number of carbonyl (C=O) groups excluding carboxylic acids is 2. The van der Waals surface area contributed by atoms with Gasteiger partial charge in [0.25, 0.3) is 0 Å². The molecule has 57 heavy (non-hydrogen) atoms. The Balaban J connectivity index is 0.000000264.